The summed E-state index contributed by atoms with van der Waals surface area (Å²) in [4.78, 5) is 0. The monoisotopic (exact) mass is 237 g/mol. The Bertz CT molecular complexity index is 568. The highest BCUT2D eigenvalue weighted by molar-refractivity contribution is 5.77. The van der Waals surface area contributed by atoms with Crippen LogP contribution in [0.3, 0.4) is 0 Å². The fourth-order valence-electron chi connectivity index (χ4n) is 2.62. The molecule has 0 bridgehead atoms. The summed E-state index contributed by atoms with van der Waals surface area (Å²) in [5, 5.41) is 0. The first-order valence-electron chi connectivity index (χ1n) is 6.70. The number of hydrogen-bond donors (Lipinski definition) is 1. The Hall–Kier alpha value is -1.76. The third-order valence-electron chi connectivity index (χ3n) is 3.98. The number of aryl methyl sites for hydroxylation is 1. The van der Waals surface area contributed by atoms with Crippen LogP contribution in [-0.4, -0.2) is 0 Å². The van der Waals surface area contributed by atoms with Gasteiger partial charge in [0, 0.05) is 11.3 Å². The van der Waals surface area contributed by atoms with E-state index in [1.54, 1.807) is 0 Å². The lowest BCUT2D eigenvalue weighted by Gasteiger charge is -2.26. The average Bonchev–Trinajstić information content (AvgIpc) is 2.30. The Morgan fingerprint density at radius 1 is 1.06 bits per heavy atom. The number of nitrogens with two attached hydrogens (primary N) is 1. The Labute approximate surface area is 109 Å². The molecule has 2 aromatic carbocycles. The average molecular weight is 237 g/mol. The van der Waals surface area contributed by atoms with Crippen molar-refractivity contribution in [1.29, 1.82) is 0 Å². The van der Waals surface area contributed by atoms with E-state index >= 15 is 0 Å². The molecule has 0 aliphatic heterocycles. The molecule has 1 nitrogen and oxygen atoms in total. The van der Waals surface area contributed by atoms with Gasteiger partial charge in [0.1, 0.15) is 0 Å². The van der Waals surface area contributed by atoms with Crippen molar-refractivity contribution in [2.75, 3.05) is 5.73 Å². The Morgan fingerprint density at radius 2 is 1.89 bits per heavy atom. The lowest BCUT2D eigenvalue weighted by molar-refractivity contribution is 0.420. The molecule has 0 radical (unpaired) electrons. The third-order valence-corrected chi connectivity index (χ3v) is 3.98. The van der Waals surface area contributed by atoms with E-state index in [4.69, 9.17) is 5.73 Å². The van der Waals surface area contributed by atoms with Crippen molar-refractivity contribution >= 4 is 5.69 Å². The quantitative estimate of drug-likeness (QED) is 0.764. The van der Waals surface area contributed by atoms with Gasteiger partial charge in [-0.15, -0.1) is 0 Å². The van der Waals surface area contributed by atoms with Crippen LogP contribution >= 0.6 is 0 Å². The fourth-order valence-corrected chi connectivity index (χ4v) is 2.62. The Balaban J connectivity index is 2.02. The summed E-state index contributed by atoms with van der Waals surface area (Å²) in [6.45, 7) is 2.11. The van der Waals surface area contributed by atoms with Gasteiger partial charge in [0.2, 0.25) is 0 Å². The van der Waals surface area contributed by atoms with Crippen molar-refractivity contribution in [1.82, 2.24) is 0 Å². The normalized spacial score (nSPS) is 15.4. The molecule has 0 unspecified atom stereocenters. The summed E-state index contributed by atoms with van der Waals surface area (Å²) in [5.74, 6) is 0.774. The van der Waals surface area contributed by atoms with E-state index < -0.39 is 0 Å². The van der Waals surface area contributed by atoms with Gasteiger partial charge in [-0.05, 0) is 48.9 Å². The zero-order chi connectivity index (χ0) is 12.5. The number of rotatable bonds is 2. The number of benzene rings is 2. The van der Waals surface area contributed by atoms with Crippen molar-refractivity contribution < 1.29 is 0 Å². The van der Waals surface area contributed by atoms with Crippen molar-refractivity contribution in [3.63, 3.8) is 0 Å². The molecule has 1 saturated carbocycles. The molecule has 0 atom stereocenters. The van der Waals surface area contributed by atoms with E-state index in [2.05, 4.69) is 43.3 Å². The maximum absolute atomic E-state index is 6.09. The first-order valence-corrected chi connectivity index (χ1v) is 6.70. The third kappa shape index (κ3) is 2.01. The largest absolute Gasteiger partial charge is 0.398 e. The van der Waals surface area contributed by atoms with Crippen LogP contribution < -0.4 is 5.73 Å². The van der Waals surface area contributed by atoms with Gasteiger partial charge < -0.3 is 5.73 Å². The molecule has 2 aromatic rings. The van der Waals surface area contributed by atoms with E-state index in [-0.39, 0.29) is 0 Å². The molecular formula is C17H19N. The van der Waals surface area contributed by atoms with Crippen LogP contribution in [0, 0.1) is 6.92 Å². The van der Waals surface area contributed by atoms with Gasteiger partial charge in [-0.2, -0.15) is 0 Å². The highest BCUT2D eigenvalue weighted by Gasteiger charge is 2.19. The van der Waals surface area contributed by atoms with E-state index in [0.29, 0.717) is 0 Å². The van der Waals surface area contributed by atoms with Crippen LogP contribution in [0.15, 0.2) is 42.5 Å². The van der Waals surface area contributed by atoms with Gasteiger partial charge in [-0.1, -0.05) is 42.3 Å². The second-order valence-corrected chi connectivity index (χ2v) is 5.34. The molecule has 1 aliphatic carbocycles. The van der Waals surface area contributed by atoms with Crippen LogP contribution in [0.5, 0.6) is 0 Å². The SMILES string of the molecule is Cc1ccc(N)c(-c2cccc(C3CCC3)c2)c1. The minimum atomic E-state index is 0.774. The summed E-state index contributed by atoms with van der Waals surface area (Å²) in [6.07, 6.45) is 4.06. The van der Waals surface area contributed by atoms with Crippen LogP contribution in [0.4, 0.5) is 5.69 Å². The van der Waals surface area contributed by atoms with Crippen molar-refractivity contribution in [3.8, 4) is 11.1 Å². The molecule has 2 N–H and O–H groups in total. The molecule has 92 valence electrons. The van der Waals surface area contributed by atoms with Crippen molar-refractivity contribution in [2.45, 2.75) is 32.1 Å². The molecule has 0 saturated heterocycles. The van der Waals surface area contributed by atoms with E-state index in [0.717, 1.165) is 17.2 Å². The highest BCUT2D eigenvalue weighted by Crippen LogP contribution is 2.38. The van der Waals surface area contributed by atoms with Crippen molar-refractivity contribution in [2.24, 2.45) is 0 Å². The van der Waals surface area contributed by atoms with E-state index in [1.807, 2.05) is 6.07 Å². The summed E-state index contributed by atoms with van der Waals surface area (Å²) in [7, 11) is 0. The maximum atomic E-state index is 6.09. The molecule has 0 spiro atoms. The Morgan fingerprint density at radius 3 is 2.61 bits per heavy atom. The van der Waals surface area contributed by atoms with Crippen LogP contribution in [0.25, 0.3) is 11.1 Å². The summed E-state index contributed by atoms with van der Waals surface area (Å²) >= 11 is 0. The van der Waals surface area contributed by atoms with Gasteiger partial charge >= 0.3 is 0 Å². The first-order chi connectivity index (χ1) is 8.74. The predicted octanol–water partition coefficient (Wildman–Crippen LogP) is 4.51. The van der Waals surface area contributed by atoms with E-state index in [9.17, 15) is 0 Å². The highest BCUT2D eigenvalue weighted by atomic mass is 14.6. The second kappa shape index (κ2) is 4.49. The smallest absolute Gasteiger partial charge is 0.0393 e. The van der Waals surface area contributed by atoms with Crippen molar-refractivity contribution in [3.05, 3.63) is 53.6 Å². The minimum absolute atomic E-state index is 0.774. The first kappa shape index (κ1) is 11.3. The van der Waals surface area contributed by atoms with E-state index in [1.165, 1.54) is 36.0 Å². The number of anilines is 1. The van der Waals surface area contributed by atoms with Gasteiger partial charge in [0.15, 0.2) is 0 Å². The zero-order valence-electron chi connectivity index (χ0n) is 10.8. The van der Waals surface area contributed by atoms with Gasteiger partial charge in [-0.3, -0.25) is 0 Å². The Kier molecular flexibility index (Phi) is 2.83. The minimum Gasteiger partial charge on any atom is -0.398 e. The predicted molar refractivity (Wildman–Crippen MR) is 77.6 cm³/mol. The fraction of sp³-hybridized carbons (Fsp3) is 0.294. The molecule has 0 aromatic heterocycles. The van der Waals surface area contributed by atoms with Gasteiger partial charge in [-0.25, -0.2) is 0 Å². The summed E-state index contributed by atoms with van der Waals surface area (Å²) in [5.41, 5.74) is 12.1. The second-order valence-electron chi connectivity index (χ2n) is 5.34. The number of nitrogen functional groups attached to an aromatic ring is 1. The molecule has 1 aliphatic rings. The molecule has 0 heterocycles. The van der Waals surface area contributed by atoms with Crippen LogP contribution in [0.1, 0.15) is 36.3 Å². The zero-order valence-corrected chi connectivity index (χ0v) is 10.8. The molecular weight excluding hydrogens is 218 g/mol. The molecule has 1 fully saturated rings. The lowest BCUT2D eigenvalue weighted by Crippen LogP contribution is -2.08. The molecule has 0 amide bonds. The van der Waals surface area contributed by atoms with Crippen LogP contribution in [-0.2, 0) is 0 Å². The summed E-state index contributed by atoms with van der Waals surface area (Å²) < 4.78 is 0. The number of hydrogen-bond acceptors (Lipinski definition) is 1. The lowest BCUT2D eigenvalue weighted by atomic mass is 9.79. The maximum Gasteiger partial charge on any atom is 0.0393 e. The van der Waals surface area contributed by atoms with Gasteiger partial charge in [0.05, 0.1) is 0 Å². The van der Waals surface area contributed by atoms with Gasteiger partial charge in [0.25, 0.3) is 0 Å². The summed E-state index contributed by atoms with van der Waals surface area (Å²) in [6, 6.07) is 15.1. The topological polar surface area (TPSA) is 26.0 Å². The molecule has 18 heavy (non-hydrogen) atoms. The standard InChI is InChI=1S/C17H19N/c1-12-8-9-17(18)16(10-12)15-7-3-6-14(11-15)13-4-2-5-13/h3,6-11,13H,2,4-5,18H2,1H3. The van der Waals surface area contributed by atoms with Crippen LogP contribution in [0.2, 0.25) is 0 Å². The molecule has 3 rings (SSSR count). The molecule has 1 heteroatoms.